The van der Waals surface area contributed by atoms with Crippen molar-refractivity contribution >= 4 is 27.5 Å². The SMILES string of the molecule is Cc1nc(Br)ccc1NC(=O)c1cccc(F)n1. The minimum Gasteiger partial charge on any atom is -0.319 e. The predicted molar refractivity (Wildman–Crippen MR) is 68.8 cm³/mol. The van der Waals surface area contributed by atoms with Crippen molar-refractivity contribution in [2.45, 2.75) is 6.92 Å². The predicted octanol–water partition coefficient (Wildman–Crippen LogP) is 2.94. The molecule has 1 amide bonds. The summed E-state index contributed by atoms with van der Waals surface area (Å²) in [6, 6.07) is 7.48. The van der Waals surface area contributed by atoms with Gasteiger partial charge in [-0.05, 0) is 47.1 Å². The molecule has 0 aliphatic rings. The highest BCUT2D eigenvalue weighted by Crippen LogP contribution is 2.16. The van der Waals surface area contributed by atoms with Gasteiger partial charge in [0, 0.05) is 0 Å². The molecule has 0 fully saturated rings. The molecule has 0 radical (unpaired) electrons. The average Bonchev–Trinajstić information content (AvgIpc) is 2.32. The number of carbonyl (C=O) groups excluding carboxylic acids is 1. The molecule has 0 aliphatic heterocycles. The number of pyridine rings is 2. The van der Waals surface area contributed by atoms with Gasteiger partial charge in [-0.3, -0.25) is 4.79 Å². The van der Waals surface area contributed by atoms with Gasteiger partial charge < -0.3 is 5.32 Å². The summed E-state index contributed by atoms with van der Waals surface area (Å²) in [5.41, 5.74) is 1.25. The highest BCUT2D eigenvalue weighted by Gasteiger charge is 2.10. The third-order valence-electron chi connectivity index (χ3n) is 2.25. The van der Waals surface area contributed by atoms with E-state index in [4.69, 9.17) is 0 Å². The molecule has 2 aromatic rings. The number of halogens is 2. The number of amides is 1. The molecule has 0 aromatic carbocycles. The smallest absolute Gasteiger partial charge is 0.274 e. The Bertz CT molecular complexity index is 604. The third-order valence-corrected chi connectivity index (χ3v) is 2.69. The van der Waals surface area contributed by atoms with Crippen LogP contribution in [0.3, 0.4) is 0 Å². The van der Waals surface area contributed by atoms with Crippen LogP contribution in [0.2, 0.25) is 0 Å². The van der Waals surface area contributed by atoms with Gasteiger partial charge in [-0.25, -0.2) is 9.97 Å². The lowest BCUT2D eigenvalue weighted by atomic mass is 10.3. The molecule has 92 valence electrons. The van der Waals surface area contributed by atoms with Crippen molar-refractivity contribution in [3.05, 3.63) is 52.3 Å². The quantitative estimate of drug-likeness (QED) is 0.868. The second-order valence-electron chi connectivity index (χ2n) is 3.57. The van der Waals surface area contributed by atoms with E-state index < -0.39 is 11.9 Å². The van der Waals surface area contributed by atoms with E-state index in [1.165, 1.54) is 18.2 Å². The van der Waals surface area contributed by atoms with Crippen molar-refractivity contribution in [1.82, 2.24) is 9.97 Å². The maximum Gasteiger partial charge on any atom is 0.274 e. The summed E-state index contributed by atoms with van der Waals surface area (Å²) in [7, 11) is 0. The lowest BCUT2D eigenvalue weighted by Gasteiger charge is -2.07. The molecule has 1 N–H and O–H groups in total. The molecular weight excluding hydrogens is 301 g/mol. The van der Waals surface area contributed by atoms with Crippen molar-refractivity contribution in [3.63, 3.8) is 0 Å². The lowest BCUT2D eigenvalue weighted by molar-refractivity contribution is 0.102. The second kappa shape index (κ2) is 5.22. The summed E-state index contributed by atoms with van der Waals surface area (Å²) in [6.07, 6.45) is 0. The molecule has 2 aromatic heterocycles. The number of nitrogens with one attached hydrogen (secondary N) is 1. The first-order valence-corrected chi connectivity index (χ1v) is 5.92. The van der Waals surface area contributed by atoms with Crippen molar-refractivity contribution in [1.29, 1.82) is 0 Å². The van der Waals surface area contributed by atoms with Gasteiger partial charge in [0.05, 0.1) is 11.4 Å². The van der Waals surface area contributed by atoms with Crippen LogP contribution in [0, 0.1) is 12.9 Å². The van der Waals surface area contributed by atoms with Crippen LogP contribution in [0.25, 0.3) is 0 Å². The number of hydrogen-bond acceptors (Lipinski definition) is 3. The first kappa shape index (κ1) is 12.6. The molecule has 4 nitrogen and oxygen atoms in total. The van der Waals surface area contributed by atoms with Crippen LogP contribution < -0.4 is 5.32 Å². The van der Waals surface area contributed by atoms with Crippen LogP contribution in [-0.2, 0) is 0 Å². The van der Waals surface area contributed by atoms with E-state index >= 15 is 0 Å². The van der Waals surface area contributed by atoms with E-state index in [1.807, 2.05) is 0 Å². The summed E-state index contributed by atoms with van der Waals surface area (Å²) >= 11 is 3.23. The largest absolute Gasteiger partial charge is 0.319 e. The molecule has 0 bridgehead atoms. The summed E-state index contributed by atoms with van der Waals surface area (Å²) in [5.74, 6) is -1.16. The van der Waals surface area contributed by atoms with Gasteiger partial charge in [0.15, 0.2) is 0 Å². The van der Waals surface area contributed by atoms with E-state index in [9.17, 15) is 9.18 Å². The minimum atomic E-state index is -0.687. The second-order valence-corrected chi connectivity index (χ2v) is 4.38. The number of aryl methyl sites for hydroxylation is 1. The number of aromatic nitrogens is 2. The topological polar surface area (TPSA) is 54.9 Å². The van der Waals surface area contributed by atoms with E-state index in [1.54, 1.807) is 19.1 Å². The lowest BCUT2D eigenvalue weighted by Crippen LogP contribution is -2.15. The third kappa shape index (κ3) is 2.89. The zero-order chi connectivity index (χ0) is 13.1. The van der Waals surface area contributed by atoms with Crippen molar-refractivity contribution in [2.24, 2.45) is 0 Å². The normalized spacial score (nSPS) is 10.2. The van der Waals surface area contributed by atoms with Crippen LogP contribution in [0.1, 0.15) is 16.2 Å². The average molecular weight is 310 g/mol. The minimum absolute atomic E-state index is 0.0253. The fourth-order valence-electron chi connectivity index (χ4n) is 1.38. The number of hydrogen-bond donors (Lipinski definition) is 1. The summed E-state index contributed by atoms with van der Waals surface area (Å²) in [6.45, 7) is 1.76. The summed E-state index contributed by atoms with van der Waals surface area (Å²) in [5, 5.41) is 2.63. The molecule has 0 saturated carbocycles. The highest BCUT2D eigenvalue weighted by molar-refractivity contribution is 9.10. The van der Waals surface area contributed by atoms with Gasteiger partial charge in [0.25, 0.3) is 5.91 Å². The van der Waals surface area contributed by atoms with Gasteiger partial charge >= 0.3 is 0 Å². The molecule has 0 aliphatic carbocycles. The van der Waals surface area contributed by atoms with E-state index in [0.29, 0.717) is 16.0 Å². The Balaban J connectivity index is 2.21. The van der Waals surface area contributed by atoms with Crippen molar-refractivity contribution in [2.75, 3.05) is 5.32 Å². The van der Waals surface area contributed by atoms with Gasteiger partial charge in [0.1, 0.15) is 10.3 Å². The molecule has 0 spiro atoms. The zero-order valence-corrected chi connectivity index (χ0v) is 11.0. The molecule has 6 heteroatoms. The van der Waals surface area contributed by atoms with Crippen molar-refractivity contribution in [3.8, 4) is 0 Å². The number of rotatable bonds is 2. The molecule has 2 heterocycles. The van der Waals surface area contributed by atoms with E-state index in [-0.39, 0.29) is 5.69 Å². The van der Waals surface area contributed by atoms with Crippen LogP contribution in [0.5, 0.6) is 0 Å². The highest BCUT2D eigenvalue weighted by atomic mass is 79.9. The Kier molecular flexibility index (Phi) is 3.66. The van der Waals surface area contributed by atoms with Gasteiger partial charge in [0.2, 0.25) is 5.95 Å². The Morgan fingerprint density at radius 2 is 2.06 bits per heavy atom. The van der Waals surface area contributed by atoms with E-state index in [2.05, 4.69) is 31.2 Å². The molecular formula is C12H9BrFN3O. The summed E-state index contributed by atoms with van der Waals surface area (Å²) in [4.78, 5) is 19.5. The fraction of sp³-hybridized carbons (Fsp3) is 0.0833. The monoisotopic (exact) mass is 309 g/mol. The van der Waals surface area contributed by atoms with Crippen LogP contribution in [0.4, 0.5) is 10.1 Å². The van der Waals surface area contributed by atoms with Gasteiger partial charge in [-0.1, -0.05) is 6.07 Å². The first-order valence-electron chi connectivity index (χ1n) is 5.13. The Labute approximate surface area is 111 Å². The molecule has 2 rings (SSSR count). The Morgan fingerprint density at radius 3 is 2.72 bits per heavy atom. The standard InChI is InChI=1S/C12H9BrFN3O/c1-7-8(5-6-10(13)15-7)17-12(18)9-3-2-4-11(14)16-9/h2-6H,1H3,(H,17,18). The zero-order valence-electron chi connectivity index (χ0n) is 9.45. The maximum atomic E-state index is 12.9. The number of nitrogens with zero attached hydrogens (tertiary/aromatic N) is 2. The summed E-state index contributed by atoms with van der Waals surface area (Å²) < 4.78 is 13.6. The Morgan fingerprint density at radius 1 is 1.28 bits per heavy atom. The van der Waals surface area contributed by atoms with Crippen LogP contribution >= 0.6 is 15.9 Å². The fourth-order valence-corrected chi connectivity index (χ4v) is 1.78. The van der Waals surface area contributed by atoms with Gasteiger partial charge in [-0.15, -0.1) is 0 Å². The van der Waals surface area contributed by atoms with Gasteiger partial charge in [-0.2, -0.15) is 4.39 Å². The molecule has 18 heavy (non-hydrogen) atoms. The van der Waals surface area contributed by atoms with Crippen molar-refractivity contribution < 1.29 is 9.18 Å². The van der Waals surface area contributed by atoms with E-state index in [0.717, 1.165) is 0 Å². The number of carbonyl (C=O) groups is 1. The van der Waals surface area contributed by atoms with Crippen LogP contribution in [-0.4, -0.2) is 15.9 Å². The Hall–Kier alpha value is -1.82. The van der Waals surface area contributed by atoms with Crippen LogP contribution in [0.15, 0.2) is 34.9 Å². The molecule has 0 saturated heterocycles. The molecule has 0 unspecified atom stereocenters. The molecule has 0 atom stereocenters. The first-order chi connectivity index (χ1) is 8.56. The maximum absolute atomic E-state index is 12.9. The number of anilines is 1.